The molecule has 20 heavy (non-hydrogen) atoms. The van der Waals surface area contributed by atoms with Crippen LogP contribution in [0.25, 0.3) is 0 Å². The molecule has 0 spiro atoms. The number of benzene rings is 1. The van der Waals surface area contributed by atoms with E-state index in [-0.39, 0.29) is 6.04 Å². The molecule has 2 aromatic rings. The minimum absolute atomic E-state index is 0.154. The number of thiocarbonyl (C=S) groups is 1. The number of rotatable bonds is 3. The summed E-state index contributed by atoms with van der Waals surface area (Å²) < 4.78 is 0. The Morgan fingerprint density at radius 1 is 1.15 bits per heavy atom. The molecule has 0 bridgehead atoms. The Morgan fingerprint density at radius 2 is 1.90 bits per heavy atom. The van der Waals surface area contributed by atoms with Gasteiger partial charge in [0, 0.05) is 6.20 Å². The molecule has 1 atom stereocenters. The van der Waals surface area contributed by atoms with E-state index in [0.29, 0.717) is 5.11 Å². The highest BCUT2D eigenvalue weighted by Gasteiger charge is 2.09. The van der Waals surface area contributed by atoms with Gasteiger partial charge in [0.25, 0.3) is 0 Å². The van der Waals surface area contributed by atoms with E-state index in [1.807, 2.05) is 37.4 Å². The van der Waals surface area contributed by atoms with Gasteiger partial charge in [-0.15, -0.1) is 0 Å². The second-order valence-corrected chi connectivity index (χ2v) is 5.31. The van der Waals surface area contributed by atoms with Crippen LogP contribution in [0.2, 0.25) is 0 Å². The van der Waals surface area contributed by atoms with Crippen LogP contribution in [0.5, 0.6) is 0 Å². The lowest BCUT2D eigenvalue weighted by Gasteiger charge is -2.18. The Kier molecular flexibility index (Phi) is 4.69. The van der Waals surface area contributed by atoms with Crippen LogP contribution in [0, 0.1) is 13.8 Å². The molecule has 0 saturated heterocycles. The van der Waals surface area contributed by atoms with Gasteiger partial charge in [0.2, 0.25) is 0 Å². The summed E-state index contributed by atoms with van der Waals surface area (Å²) in [6.07, 6.45) is 1.82. The second kappa shape index (κ2) is 6.48. The van der Waals surface area contributed by atoms with Crippen LogP contribution in [0.4, 0.5) is 5.82 Å². The molecule has 1 aromatic heterocycles. The van der Waals surface area contributed by atoms with Gasteiger partial charge in [-0.3, -0.25) is 0 Å². The van der Waals surface area contributed by atoms with Crippen molar-refractivity contribution in [3.63, 3.8) is 0 Å². The SMILES string of the molecule is Cc1ccc(NC(=S)N[C@@H](C)c2ccccc2C)nc1. The summed E-state index contributed by atoms with van der Waals surface area (Å²) in [5.41, 5.74) is 3.62. The lowest BCUT2D eigenvalue weighted by molar-refractivity contribution is 0.717. The van der Waals surface area contributed by atoms with Crippen LogP contribution in [-0.4, -0.2) is 10.1 Å². The zero-order chi connectivity index (χ0) is 14.5. The minimum atomic E-state index is 0.154. The topological polar surface area (TPSA) is 37.0 Å². The number of aromatic nitrogens is 1. The van der Waals surface area contributed by atoms with E-state index < -0.39 is 0 Å². The number of aryl methyl sites for hydroxylation is 2. The number of hydrogen-bond donors (Lipinski definition) is 2. The highest BCUT2D eigenvalue weighted by atomic mass is 32.1. The largest absolute Gasteiger partial charge is 0.356 e. The molecule has 1 aromatic carbocycles. The van der Waals surface area contributed by atoms with Crippen molar-refractivity contribution in [1.29, 1.82) is 0 Å². The summed E-state index contributed by atoms with van der Waals surface area (Å²) in [5, 5.41) is 6.96. The molecule has 2 rings (SSSR count). The quantitative estimate of drug-likeness (QED) is 0.842. The molecular weight excluding hydrogens is 266 g/mol. The first kappa shape index (κ1) is 14.5. The number of pyridine rings is 1. The van der Waals surface area contributed by atoms with Crippen LogP contribution in [0.15, 0.2) is 42.6 Å². The van der Waals surface area contributed by atoms with Gasteiger partial charge in [-0.25, -0.2) is 4.98 Å². The first-order valence-electron chi connectivity index (χ1n) is 6.62. The molecule has 104 valence electrons. The highest BCUT2D eigenvalue weighted by Crippen LogP contribution is 2.16. The first-order valence-corrected chi connectivity index (χ1v) is 7.03. The maximum atomic E-state index is 5.33. The van der Waals surface area contributed by atoms with E-state index in [1.54, 1.807) is 0 Å². The zero-order valence-electron chi connectivity index (χ0n) is 12.0. The summed E-state index contributed by atoms with van der Waals surface area (Å²) >= 11 is 5.33. The van der Waals surface area contributed by atoms with Gasteiger partial charge in [0.1, 0.15) is 5.82 Å². The lowest BCUT2D eigenvalue weighted by atomic mass is 10.0. The molecule has 4 heteroatoms. The number of anilines is 1. The molecule has 0 aliphatic heterocycles. The van der Waals surface area contributed by atoms with E-state index in [1.165, 1.54) is 11.1 Å². The van der Waals surface area contributed by atoms with Gasteiger partial charge in [-0.2, -0.15) is 0 Å². The Hall–Kier alpha value is -1.94. The van der Waals surface area contributed by atoms with Crippen molar-refractivity contribution >= 4 is 23.1 Å². The van der Waals surface area contributed by atoms with Crippen LogP contribution in [0.3, 0.4) is 0 Å². The van der Waals surface area contributed by atoms with E-state index in [4.69, 9.17) is 12.2 Å². The summed E-state index contributed by atoms with van der Waals surface area (Å²) in [5.74, 6) is 0.755. The van der Waals surface area contributed by atoms with Gasteiger partial charge in [0.15, 0.2) is 5.11 Å². The third-order valence-corrected chi connectivity index (χ3v) is 3.38. The van der Waals surface area contributed by atoms with E-state index in [9.17, 15) is 0 Å². The van der Waals surface area contributed by atoms with Gasteiger partial charge in [-0.1, -0.05) is 30.3 Å². The molecule has 1 heterocycles. The molecule has 0 unspecified atom stereocenters. The Balaban J connectivity index is 1.98. The zero-order valence-corrected chi connectivity index (χ0v) is 12.8. The second-order valence-electron chi connectivity index (χ2n) is 4.90. The van der Waals surface area contributed by atoms with Gasteiger partial charge in [0.05, 0.1) is 6.04 Å². The average Bonchev–Trinajstić information content (AvgIpc) is 2.41. The fraction of sp³-hybridized carbons (Fsp3) is 0.250. The number of nitrogens with one attached hydrogen (secondary N) is 2. The first-order chi connectivity index (χ1) is 9.56. The maximum absolute atomic E-state index is 5.33. The van der Waals surface area contributed by atoms with Crippen molar-refractivity contribution in [2.75, 3.05) is 5.32 Å². The van der Waals surface area contributed by atoms with Crippen LogP contribution >= 0.6 is 12.2 Å². The summed E-state index contributed by atoms with van der Waals surface area (Å²) in [6.45, 7) is 6.21. The van der Waals surface area contributed by atoms with E-state index >= 15 is 0 Å². The minimum Gasteiger partial charge on any atom is -0.356 e. The van der Waals surface area contributed by atoms with Crippen molar-refractivity contribution < 1.29 is 0 Å². The van der Waals surface area contributed by atoms with Gasteiger partial charge < -0.3 is 10.6 Å². The fourth-order valence-corrected chi connectivity index (χ4v) is 2.32. The van der Waals surface area contributed by atoms with E-state index in [2.05, 4.69) is 41.6 Å². The van der Waals surface area contributed by atoms with Crippen molar-refractivity contribution in [3.8, 4) is 0 Å². The number of nitrogens with zero attached hydrogens (tertiary/aromatic N) is 1. The lowest BCUT2D eigenvalue weighted by Crippen LogP contribution is -2.31. The van der Waals surface area contributed by atoms with Gasteiger partial charge >= 0.3 is 0 Å². The van der Waals surface area contributed by atoms with E-state index in [0.717, 1.165) is 11.4 Å². The van der Waals surface area contributed by atoms with Crippen LogP contribution in [-0.2, 0) is 0 Å². The summed E-state index contributed by atoms with van der Waals surface area (Å²) in [7, 11) is 0. The molecule has 0 aliphatic rings. The third kappa shape index (κ3) is 3.78. The van der Waals surface area contributed by atoms with Crippen molar-refractivity contribution in [2.24, 2.45) is 0 Å². The molecule has 0 amide bonds. The highest BCUT2D eigenvalue weighted by molar-refractivity contribution is 7.80. The molecular formula is C16H19N3S. The molecule has 2 N–H and O–H groups in total. The molecule has 3 nitrogen and oxygen atoms in total. The summed E-state index contributed by atoms with van der Waals surface area (Å²) in [6, 6.07) is 12.4. The Morgan fingerprint density at radius 3 is 2.55 bits per heavy atom. The van der Waals surface area contributed by atoms with Crippen molar-refractivity contribution in [2.45, 2.75) is 26.8 Å². The fourth-order valence-electron chi connectivity index (χ4n) is 2.04. The third-order valence-electron chi connectivity index (χ3n) is 3.16. The predicted octanol–water partition coefficient (Wildman–Crippen LogP) is 3.75. The standard InChI is InChI=1S/C16H19N3S/c1-11-8-9-15(17-10-11)19-16(20)18-13(3)14-7-5-4-6-12(14)2/h4-10,13H,1-3H3,(H2,17,18,19,20)/t13-/m0/s1. The molecule has 0 radical (unpaired) electrons. The monoisotopic (exact) mass is 285 g/mol. The van der Waals surface area contributed by atoms with Crippen molar-refractivity contribution in [1.82, 2.24) is 10.3 Å². The molecule has 0 aliphatic carbocycles. The van der Waals surface area contributed by atoms with Crippen LogP contribution < -0.4 is 10.6 Å². The van der Waals surface area contributed by atoms with Gasteiger partial charge in [-0.05, 0) is 55.7 Å². The van der Waals surface area contributed by atoms with Crippen molar-refractivity contribution in [3.05, 3.63) is 59.3 Å². The molecule has 0 fully saturated rings. The van der Waals surface area contributed by atoms with Crippen LogP contribution in [0.1, 0.15) is 29.7 Å². The normalized spacial score (nSPS) is 11.8. The smallest absolute Gasteiger partial charge is 0.172 e. The predicted molar refractivity (Wildman–Crippen MR) is 87.9 cm³/mol. The Bertz CT molecular complexity index is 593. The summed E-state index contributed by atoms with van der Waals surface area (Å²) in [4.78, 5) is 4.28. The maximum Gasteiger partial charge on any atom is 0.172 e. The average molecular weight is 285 g/mol. The Labute approximate surface area is 125 Å². The number of hydrogen-bond acceptors (Lipinski definition) is 2. The molecule has 0 saturated carbocycles.